The van der Waals surface area contributed by atoms with Crippen LogP contribution in [-0.4, -0.2) is 79.2 Å². The molecule has 0 amide bonds. The summed E-state index contributed by atoms with van der Waals surface area (Å²) in [6.45, 7) is 16.6. The lowest BCUT2D eigenvalue weighted by Gasteiger charge is -2.20. The standard InChI is InChI=1S/C36H55N3O4/c1-5-19-38(20-6-2)23-11-9-13-25-42-35(40)29-15-17-33-31(27-29)32-28-30(16-18-34(32)37-33)36(41)43-26-14-10-12-24-39(21-7-3)22-8-4/h15-18,27-28,37H,5-14,19-26H2,1-4H3. The third-order valence-corrected chi connectivity index (χ3v) is 7.93. The number of hydrogen-bond donors (Lipinski definition) is 1. The van der Waals surface area contributed by atoms with Crippen LogP contribution in [0.5, 0.6) is 0 Å². The van der Waals surface area contributed by atoms with Crippen LogP contribution in [0.2, 0.25) is 0 Å². The number of nitrogens with zero attached hydrogens (tertiary/aromatic N) is 2. The Morgan fingerprint density at radius 2 is 0.953 bits per heavy atom. The van der Waals surface area contributed by atoms with Crippen molar-refractivity contribution in [2.45, 2.75) is 91.9 Å². The Bertz CT molecular complexity index is 1150. The molecule has 0 saturated heterocycles. The summed E-state index contributed by atoms with van der Waals surface area (Å²) in [5.41, 5.74) is 2.88. The van der Waals surface area contributed by atoms with E-state index in [1.54, 1.807) is 12.1 Å². The number of fused-ring (bicyclic) bond motifs is 3. The highest BCUT2D eigenvalue weighted by Crippen LogP contribution is 2.28. The van der Waals surface area contributed by atoms with Gasteiger partial charge in [-0.05, 0) is 140 Å². The van der Waals surface area contributed by atoms with E-state index in [9.17, 15) is 9.59 Å². The third-order valence-electron chi connectivity index (χ3n) is 7.93. The molecule has 0 bridgehead atoms. The van der Waals surface area contributed by atoms with Gasteiger partial charge >= 0.3 is 11.9 Å². The summed E-state index contributed by atoms with van der Waals surface area (Å²) in [4.78, 5) is 34.0. The topological polar surface area (TPSA) is 74.9 Å². The van der Waals surface area contributed by atoms with Crippen LogP contribution in [-0.2, 0) is 9.47 Å². The first-order valence-electron chi connectivity index (χ1n) is 16.8. The van der Waals surface area contributed by atoms with Gasteiger partial charge in [0.1, 0.15) is 0 Å². The van der Waals surface area contributed by atoms with Gasteiger partial charge in [0.2, 0.25) is 0 Å². The zero-order valence-corrected chi connectivity index (χ0v) is 27.2. The predicted octanol–water partition coefficient (Wildman–Crippen LogP) is 8.22. The van der Waals surface area contributed by atoms with Crippen molar-refractivity contribution in [1.82, 2.24) is 14.8 Å². The number of unbranched alkanes of at least 4 members (excludes halogenated alkanes) is 4. The molecule has 1 heterocycles. The van der Waals surface area contributed by atoms with Crippen molar-refractivity contribution in [3.8, 4) is 0 Å². The number of carbonyl (C=O) groups is 2. The molecule has 7 nitrogen and oxygen atoms in total. The first kappa shape index (κ1) is 34.6. The Labute approximate surface area is 259 Å². The minimum atomic E-state index is -0.307. The molecule has 0 aliphatic rings. The Hall–Kier alpha value is -2.90. The lowest BCUT2D eigenvalue weighted by molar-refractivity contribution is 0.0488. The zero-order chi connectivity index (χ0) is 30.9. The largest absolute Gasteiger partial charge is 0.462 e. The van der Waals surface area contributed by atoms with E-state index in [1.165, 1.54) is 25.7 Å². The molecule has 0 aliphatic carbocycles. The number of aromatic nitrogens is 1. The van der Waals surface area contributed by atoms with Gasteiger partial charge < -0.3 is 24.3 Å². The van der Waals surface area contributed by atoms with E-state index in [2.05, 4.69) is 42.5 Å². The van der Waals surface area contributed by atoms with Crippen molar-refractivity contribution in [2.75, 3.05) is 52.5 Å². The molecule has 0 aliphatic heterocycles. The second-order valence-corrected chi connectivity index (χ2v) is 11.7. The fourth-order valence-electron chi connectivity index (χ4n) is 5.81. The molecular formula is C36H55N3O4. The number of ether oxygens (including phenoxy) is 2. The molecular weight excluding hydrogens is 538 g/mol. The minimum absolute atomic E-state index is 0.307. The first-order valence-corrected chi connectivity index (χ1v) is 16.8. The molecule has 1 aromatic heterocycles. The average molecular weight is 594 g/mol. The Morgan fingerprint density at radius 1 is 0.558 bits per heavy atom. The molecule has 0 saturated carbocycles. The highest BCUT2D eigenvalue weighted by Gasteiger charge is 2.14. The Balaban J connectivity index is 1.48. The van der Waals surface area contributed by atoms with Crippen molar-refractivity contribution in [3.05, 3.63) is 47.5 Å². The van der Waals surface area contributed by atoms with Crippen LogP contribution in [0.15, 0.2) is 36.4 Å². The lowest BCUT2D eigenvalue weighted by atomic mass is 10.1. The lowest BCUT2D eigenvalue weighted by Crippen LogP contribution is -2.26. The maximum absolute atomic E-state index is 12.8. The maximum atomic E-state index is 12.8. The van der Waals surface area contributed by atoms with E-state index in [4.69, 9.17) is 9.47 Å². The van der Waals surface area contributed by atoms with Crippen molar-refractivity contribution >= 4 is 33.7 Å². The van der Waals surface area contributed by atoms with Crippen LogP contribution in [0, 0.1) is 0 Å². The van der Waals surface area contributed by atoms with Crippen LogP contribution in [0.4, 0.5) is 0 Å². The summed E-state index contributed by atoms with van der Waals surface area (Å²) < 4.78 is 11.2. The molecule has 0 unspecified atom stereocenters. The Kier molecular flexibility index (Phi) is 15.6. The van der Waals surface area contributed by atoms with Gasteiger partial charge in [-0.1, -0.05) is 27.7 Å². The monoisotopic (exact) mass is 593 g/mol. The average Bonchev–Trinajstić information content (AvgIpc) is 3.38. The minimum Gasteiger partial charge on any atom is -0.462 e. The Morgan fingerprint density at radius 3 is 1.33 bits per heavy atom. The highest BCUT2D eigenvalue weighted by atomic mass is 16.5. The molecule has 0 atom stereocenters. The van der Waals surface area contributed by atoms with Crippen LogP contribution in [0.25, 0.3) is 21.8 Å². The number of H-pyrrole nitrogens is 1. The van der Waals surface area contributed by atoms with Gasteiger partial charge in [0, 0.05) is 21.8 Å². The number of benzene rings is 2. The third kappa shape index (κ3) is 11.3. The van der Waals surface area contributed by atoms with E-state index in [0.717, 1.165) is 99.6 Å². The molecule has 0 spiro atoms. The van der Waals surface area contributed by atoms with Gasteiger partial charge in [-0.3, -0.25) is 0 Å². The fraction of sp³-hybridized carbons (Fsp3) is 0.611. The molecule has 1 N–H and O–H groups in total. The van der Waals surface area contributed by atoms with Gasteiger partial charge in [-0.25, -0.2) is 9.59 Å². The molecule has 238 valence electrons. The van der Waals surface area contributed by atoms with E-state index >= 15 is 0 Å². The van der Waals surface area contributed by atoms with Crippen molar-refractivity contribution in [2.24, 2.45) is 0 Å². The van der Waals surface area contributed by atoms with E-state index in [-0.39, 0.29) is 11.9 Å². The second kappa shape index (κ2) is 19.4. The van der Waals surface area contributed by atoms with Crippen LogP contribution in [0.1, 0.15) is 113 Å². The molecule has 0 fully saturated rings. The fourth-order valence-corrected chi connectivity index (χ4v) is 5.81. The van der Waals surface area contributed by atoms with Gasteiger partial charge in [0.25, 0.3) is 0 Å². The summed E-state index contributed by atoms with van der Waals surface area (Å²) in [6.07, 6.45) is 10.8. The van der Waals surface area contributed by atoms with E-state index in [0.29, 0.717) is 24.3 Å². The number of hydrogen-bond acceptors (Lipinski definition) is 6. The highest BCUT2D eigenvalue weighted by molar-refractivity contribution is 6.11. The van der Waals surface area contributed by atoms with Crippen LogP contribution in [0.3, 0.4) is 0 Å². The second-order valence-electron chi connectivity index (χ2n) is 11.7. The molecule has 43 heavy (non-hydrogen) atoms. The SMILES string of the molecule is CCCN(CCC)CCCCCOC(=O)c1ccc2[nH]c3ccc(C(=O)OCCCCCN(CCC)CCC)cc3c2c1. The van der Waals surface area contributed by atoms with Gasteiger partial charge in [0.05, 0.1) is 24.3 Å². The van der Waals surface area contributed by atoms with Crippen molar-refractivity contribution in [1.29, 1.82) is 0 Å². The molecule has 7 heteroatoms. The zero-order valence-electron chi connectivity index (χ0n) is 27.2. The van der Waals surface area contributed by atoms with Crippen LogP contribution < -0.4 is 0 Å². The van der Waals surface area contributed by atoms with Crippen molar-refractivity contribution < 1.29 is 19.1 Å². The van der Waals surface area contributed by atoms with E-state index in [1.807, 2.05) is 24.3 Å². The number of esters is 2. The van der Waals surface area contributed by atoms with Gasteiger partial charge in [-0.2, -0.15) is 0 Å². The molecule has 3 rings (SSSR count). The summed E-state index contributed by atoms with van der Waals surface area (Å²) in [5.74, 6) is -0.615. The normalized spacial score (nSPS) is 11.7. The quantitative estimate of drug-likeness (QED) is 0.0935. The first-order chi connectivity index (χ1) is 21.0. The molecule has 3 aromatic rings. The number of aromatic amines is 1. The van der Waals surface area contributed by atoms with Crippen molar-refractivity contribution in [3.63, 3.8) is 0 Å². The molecule has 2 aromatic carbocycles. The van der Waals surface area contributed by atoms with E-state index < -0.39 is 0 Å². The number of carbonyl (C=O) groups excluding carboxylic acids is 2. The van der Waals surface area contributed by atoms with Gasteiger partial charge in [-0.15, -0.1) is 0 Å². The maximum Gasteiger partial charge on any atom is 0.338 e. The van der Waals surface area contributed by atoms with Crippen LogP contribution >= 0.6 is 0 Å². The predicted molar refractivity (Wildman–Crippen MR) is 178 cm³/mol. The number of nitrogens with one attached hydrogen (secondary N) is 1. The smallest absolute Gasteiger partial charge is 0.338 e. The summed E-state index contributed by atoms with van der Waals surface area (Å²) >= 11 is 0. The summed E-state index contributed by atoms with van der Waals surface area (Å²) in [7, 11) is 0. The molecule has 0 radical (unpaired) electrons. The summed E-state index contributed by atoms with van der Waals surface area (Å²) in [6, 6.07) is 11.1. The van der Waals surface area contributed by atoms with Gasteiger partial charge in [0.15, 0.2) is 0 Å². The summed E-state index contributed by atoms with van der Waals surface area (Å²) in [5, 5.41) is 1.80. The number of rotatable bonds is 22.